The van der Waals surface area contributed by atoms with E-state index < -0.39 is 15.8 Å². The van der Waals surface area contributed by atoms with E-state index in [4.69, 9.17) is 11.6 Å². The van der Waals surface area contributed by atoms with Crippen molar-refractivity contribution in [1.29, 1.82) is 0 Å². The molecule has 0 radical (unpaired) electrons. The molecular weight excluding hydrogens is 361 g/mol. The van der Waals surface area contributed by atoms with E-state index in [9.17, 15) is 12.8 Å². The minimum absolute atomic E-state index is 0.0311. The first-order valence-electron chi connectivity index (χ1n) is 4.84. The van der Waals surface area contributed by atoms with E-state index in [2.05, 4.69) is 30.6 Å². The number of benzene rings is 1. The number of sulfonamides is 1. The molecule has 1 aromatic carbocycles. The fraction of sp³-hybridized carbons (Fsp3) is 0. The SMILES string of the molecule is O=S(=O)(Nc1cnc(Br)cn1)c1ccc(F)cc1Cl. The van der Waals surface area contributed by atoms with Gasteiger partial charge in [-0.1, -0.05) is 11.6 Å². The van der Waals surface area contributed by atoms with Crippen LogP contribution in [0.5, 0.6) is 0 Å². The monoisotopic (exact) mass is 365 g/mol. The zero-order valence-electron chi connectivity index (χ0n) is 9.14. The van der Waals surface area contributed by atoms with Gasteiger partial charge in [0.05, 0.1) is 17.4 Å². The third kappa shape index (κ3) is 3.40. The summed E-state index contributed by atoms with van der Waals surface area (Å²) in [4.78, 5) is 7.41. The number of hydrogen-bond acceptors (Lipinski definition) is 4. The summed E-state index contributed by atoms with van der Waals surface area (Å²) < 4.78 is 39.6. The van der Waals surface area contributed by atoms with Crippen LogP contribution in [0.4, 0.5) is 10.2 Å². The Morgan fingerprint density at radius 3 is 2.58 bits per heavy atom. The zero-order valence-corrected chi connectivity index (χ0v) is 12.3. The third-order valence-corrected chi connectivity index (χ3v) is 4.29. The molecular formula is C10H6BrClFN3O2S. The summed E-state index contributed by atoms with van der Waals surface area (Å²) in [5.74, 6) is -0.587. The lowest BCUT2D eigenvalue weighted by Gasteiger charge is -2.08. The highest BCUT2D eigenvalue weighted by atomic mass is 79.9. The van der Waals surface area contributed by atoms with Gasteiger partial charge in [0.25, 0.3) is 10.0 Å². The second kappa shape index (κ2) is 5.40. The molecule has 0 fully saturated rings. The van der Waals surface area contributed by atoms with Gasteiger partial charge in [0, 0.05) is 0 Å². The molecule has 0 aliphatic rings. The minimum atomic E-state index is -3.94. The lowest BCUT2D eigenvalue weighted by Crippen LogP contribution is -2.14. The van der Waals surface area contributed by atoms with E-state index in [0.29, 0.717) is 4.60 Å². The number of anilines is 1. The van der Waals surface area contributed by atoms with Gasteiger partial charge in [-0.25, -0.2) is 22.8 Å². The molecule has 19 heavy (non-hydrogen) atoms. The summed E-state index contributed by atoms with van der Waals surface area (Å²) in [5.41, 5.74) is 0. The highest BCUT2D eigenvalue weighted by Crippen LogP contribution is 2.23. The first-order chi connectivity index (χ1) is 8.88. The number of aromatic nitrogens is 2. The van der Waals surface area contributed by atoms with Crippen LogP contribution in [0.3, 0.4) is 0 Å². The van der Waals surface area contributed by atoms with Gasteiger partial charge in [0.1, 0.15) is 15.3 Å². The van der Waals surface area contributed by atoms with Crippen LogP contribution in [0.15, 0.2) is 40.1 Å². The highest BCUT2D eigenvalue weighted by Gasteiger charge is 2.19. The summed E-state index contributed by atoms with van der Waals surface area (Å²) in [5, 5.41) is -0.211. The van der Waals surface area contributed by atoms with Gasteiger partial charge in [-0.3, -0.25) is 4.72 Å². The highest BCUT2D eigenvalue weighted by molar-refractivity contribution is 9.10. The van der Waals surface area contributed by atoms with Crippen LogP contribution in [0.25, 0.3) is 0 Å². The Labute approximate surface area is 122 Å². The summed E-state index contributed by atoms with van der Waals surface area (Å²) in [6, 6.07) is 3.00. The molecule has 5 nitrogen and oxygen atoms in total. The second-order valence-corrected chi connectivity index (χ2v) is 6.28. The van der Waals surface area contributed by atoms with E-state index in [1.165, 1.54) is 12.4 Å². The molecule has 100 valence electrons. The minimum Gasteiger partial charge on any atom is -0.262 e. The Hall–Kier alpha value is -1.25. The first-order valence-corrected chi connectivity index (χ1v) is 7.49. The standard InChI is InChI=1S/C10H6BrClFN3O2S/c11-9-4-15-10(5-14-9)16-19(17,18)8-2-1-6(13)3-7(8)12/h1-5H,(H,15,16). The Balaban J connectivity index is 2.35. The molecule has 2 aromatic rings. The van der Waals surface area contributed by atoms with Crippen molar-refractivity contribution in [2.24, 2.45) is 0 Å². The number of hydrogen-bond donors (Lipinski definition) is 1. The van der Waals surface area contributed by atoms with Gasteiger partial charge >= 0.3 is 0 Å². The van der Waals surface area contributed by atoms with E-state index in [0.717, 1.165) is 18.2 Å². The van der Waals surface area contributed by atoms with E-state index in [1.54, 1.807) is 0 Å². The Morgan fingerprint density at radius 2 is 2.00 bits per heavy atom. The topological polar surface area (TPSA) is 72.0 Å². The van der Waals surface area contributed by atoms with Crippen molar-refractivity contribution in [2.75, 3.05) is 4.72 Å². The molecule has 0 saturated carbocycles. The molecule has 0 spiro atoms. The molecule has 1 N–H and O–H groups in total. The number of nitrogens with zero attached hydrogens (tertiary/aromatic N) is 2. The largest absolute Gasteiger partial charge is 0.264 e. The van der Waals surface area contributed by atoms with Crippen molar-refractivity contribution in [3.05, 3.63) is 46.0 Å². The Bertz CT molecular complexity index is 709. The van der Waals surface area contributed by atoms with Crippen molar-refractivity contribution in [2.45, 2.75) is 4.90 Å². The molecule has 1 aromatic heterocycles. The van der Waals surface area contributed by atoms with Crippen LogP contribution < -0.4 is 4.72 Å². The van der Waals surface area contributed by atoms with Crippen LogP contribution >= 0.6 is 27.5 Å². The van der Waals surface area contributed by atoms with Crippen LogP contribution in [-0.2, 0) is 10.0 Å². The molecule has 1 heterocycles. The molecule has 0 aliphatic carbocycles. The molecule has 2 rings (SSSR count). The molecule has 0 unspecified atom stereocenters. The lowest BCUT2D eigenvalue weighted by atomic mass is 10.3. The van der Waals surface area contributed by atoms with Gasteiger partial charge in [-0.2, -0.15) is 0 Å². The first kappa shape index (κ1) is 14.2. The van der Waals surface area contributed by atoms with Crippen LogP contribution in [-0.4, -0.2) is 18.4 Å². The smallest absolute Gasteiger partial charge is 0.262 e. The number of nitrogens with one attached hydrogen (secondary N) is 1. The lowest BCUT2D eigenvalue weighted by molar-refractivity contribution is 0.599. The molecule has 9 heteroatoms. The molecule has 0 aliphatic heterocycles. The summed E-state index contributed by atoms with van der Waals surface area (Å²) >= 11 is 8.78. The van der Waals surface area contributed by atoms with E-state index in [1.807, 2.05) is 0 Å². The zero-order chi connectivity index (χ0) is 14.0. The van der Waals surface area contributed by atoms with Gasteiger partial charge in [-0.05, 0) is 34.1 Å². The van der Waals surface area contributed by atoms with Crippen molar-refractivity contribution >= 4 is 43.4 Å². The average molecular weight is 367 g/mol. The average Bonchev–Trinajstić information content (AvgIpc) is 2.31. The maximum Gasteiger partial charge on any atom is 0.264 e. The van der Waals surface area contributed by atoms with Crippen molar-refractivity contribution in [3.63, 3.8) is 0 Å². The maximum atomic E-state index is 12.9. The number of rotatable bonds is 3. The predicted molar refractivity (Wildman–Crippen MR) is 72.0 cm³/mol. The number of halogens is 3. The second-order valence-electron chi connectivity index (χ2n) is 3.40. The van der Waals surface area contributed by atoms with Gasteiger partial charge < -0.3 is 0 Å². The van der Waals surface area contributed by atoms with E-state index >= 15 is 0 Å². The van der Waals surface area contributed by atoms with Crippen molar-refractivity contribution < 1.29 is 12.8 Å². The fourth-order valence-corrected chi connectivity index (χ4v) is 2.98. The van der Waals surface area contributed by atoms with E-state index in [-0.39, 0.29) is 15.7 Å². The van der Waals surface area contributed by atoms with Gasteiger partial charge in [0.15, 0.2) is 5.82 Å². The van der Waals surface area contributed by atoms with Gasteiger partial charge in [-0.15, -0.1) is 0 Å². The summed E-state index contributed by atoms with van der Waals surface area (Å²) in [7, 11) is -3.94. The molecule has 0 atom stereocenters. The molecule has 0 bridgehead atoms. The Kier molecular flexibility index (Phi) is 4.02. The van der Waals surface area contributed by atoms with Crippen molar-refractivity contribution in [3.8, 4) is 0 Å². The predicted octanol–water partition coefficient (Wildman–Crippen LogP) is 2.83. The maximum absolute atomic E-state index is 12.9. The van der Waals surface area contributed by atoms with Crippen LogP contribution in [0, 0.1) is 5.82 Å². The van der Waals surface area contributed by atoms with Crippen LogP contribution in [0.1, 0.15) is 0 Å². The normalized spacial score (nSPS) is 11.3. The van der Waals surface area contributed by atoms with Crippen molar-refractivity contribution in [1.82, 2.24) is 9.97 Å². The Morgan fingerprint density at radius 1 is 1.26 bits per heavy atom. The summed E-state index contributed by atoms with van der Waals surface area (Å²) in [6.07, 6.45) is 2.57. The quantitative estimate of drug-likeness (QED) is 0.906. The molecule has 0 saturated heterocycles. The van der Waals surface area contributed by atoms with Crippen LogP contribution in [0.2, 0.25) is 5.02 Å². The third-order valence-electron chi connectivity index (χ3n) is 2.04. The fourth-order valence-electron chi connectivity index (χ4n) is 1.25. The van der Waals surface area contributed by atoms with Gasteiger partial charge in [0.2, 0.25) is 0 Å². The molecule has 0 amide bonds. The summed E-state index contributed by atoms with van der Waals surface area (Å²) in [6.45, 7) is 0.